The van der Waals surface area contributed by atoms with Gasteiger partial charge >= 0.3 is 6.09 Å². The second-order valence-corrected chi connectivity index (χ2v) is 3.76. The van der Waals surface area contributed by atoms with Crippen molar-refractivity contribution in [2.45, 2.75) is 6.92 Å². The zero-order chi connectivity index (χ0) is 16.5. The molecule has 0 aliphatic carbocycles. The van der Waals surface area contributed by atoms with Crippen molar-refractivity contribution in [2.75, 3.05) is 17.2 Å². The smallest absolute Gasteiger partial charge is 0.411 e. The normalized spacial score (nSPS) is 8.86. The highest BCUT2D eigenvalue weighted by molar-refractivity contribution is 5.86. The Morgan fingerprint density at radius 2 is 2.14 bits per heavy atom. The van der Waals surface area contributed by atoms with Gasteiger partial charge in [0.25, 0.3) is 5.69 Å². The van der Waals surface area contributed by atoms with Crippen molar-refractivity contribution < 1.29 is 14.5 Å². The third kappa shape index (κ3) is 4.51. The van der Waals surface area contributed by atoms with E-state index in [0.29, 0.717) is 0 Å². The molecular formula is C13H11N5O4. The molecule has 0 atom stereocenters. The van der Waals surface area contributed by atoms with E-state index in [4.69, 9.17) is 10.5 Å². The molecule has 0 aliphatic heterocycles. The zero-order valence-electron chi connectivity index (χ0n) is 11.5. The first kappa shape index (κ1) is 16.5. The number of hydrogen-bond acceptors (Lipinski definition) is 7. The summed E-state index contributed by atoms with van der Waals surface area (Å²) in [5.74, 6) is 0. The van der Waals surface area contributed by atoms with Crippen molar-refractivity contribution in [1.29, 1.82) is 10.5 Å². The van der Waals surface area contributed by atoms with Crippen LogP contribution in [0.1, 0.15) is 6.92 Å². The Hall–Kier alpha value is -3.59. The second-order valence-electron chi connectivity index (χ2n) is 3.76. The van der Waals surface area contributed by atoms with Crippen molar-refractivity contribution in [1.82, 2.24) is 0 Å². The topological polar surface area (TPSA) is 141 Å². The lowest BCUT2D eigenvalue weighted by atomic mass is 10.2. The summed E-state index contributed by atoms with van der Waals surface area (Å²) in [6, 6.07) is 7.11. The molecule has 0 saturated carbocycles. The molecule has 1 aromatic carbocycles. The average Bonchev–Trinajstić information content (AvgIpc) is 2.49. The number of anilines is 2. The Labute approximate surface area is 125 Å². The molecule has 112 valence electrons. The van der Waals surface area contributed by atoms with Gasteiger partial charge in [-0.2, -0.15) is 10.5 Å². The summed E-state index contributed by atoms with van der Waals surface area (Å²) in [6.07, 6.45) is 0.328. The maximum atomic E-state index is 11.3. The van der Waals surface area contributed by atoms with E-state index >= 15 is 0 Å². The highest BCUT2D eigenvalue weighted by Gasteiger charge is 2.15. The van der Waals surface area contributed by atoms with Crippen LogP contribution in [0.3, 0.4) is 0 Å². The number of nitriles is 2. The van der Waals surface area contributed by atoms with E-state index in [1.54, 1.807) is 19.1 Å². The van der Waals surface area contributed by atoms with E-state index < -0.39 is 11.0 Å². The summed E-state index contributed by atoms with van der Waals surface area (Å²) in [6.45, 7) is 1.80. The van der Waals surface area contributed by atoms with Crippen LogP contribution in [0.25, 0.3) is 0 Å². The predicted molar refractivity (Wildman–Crippen MR) is 76.7 cm³/mol. The van der Waals surface area contributed by atoms with Gasteiger partial charge < -0.3 is 10.1 Å². The number of carbonyl (C=O) groups is 1. The molecule has 1 amide bonds. The van der Waals surface area contributed by atoms with Crippen LogP contribution in [0.15, 0.2) is 30.0 Å². The van der Waals surface area contributed by atoms with E-state index in [1.165, 1.54) is 12.1 Å². The molecule has 0 unspecified atom stereocenters. The molecule has 0 radical (unpaired) electrons. The standard InChI is InChI=1S/C13H11N5O4/c1-2-22-13(19)17-10-3-4-11(12(5-10)18(20)21)16-8-9(6-14)7-15/h3-5,8,16H,2H2,1H3,(H,17,19). The van der Waals surface area contributed by atoms with Gasteiger partial charge in [-0.25, -0.2) is 4.79 Å². The zero-order valence-corrected chi connectivity index (χ0v) is 11.5. The van der Waals surface area contributed by atoms with Crippen molar-refractivity contribution in [2.24, 2.45) is 0 Å². The van der Waals surface area contributed by atoms with Crippen LogP contribution in [0.5, 0.6) is 0 Å². The number of nitrogens with one attached hydrogen (secondary N) is 2. The van der Waals surface area contributed by atoms with Crippen LogP contribution < -0.4 is 10.6 Å². The molecule has 9 heteroatoms. The van der Waals surface area contributed by atoms with Gasteiger partial charge in [-0.15, -0.1) is 0 Å². The maximum absolute atomic E-state index is 11.3. The monoisotopic (exact) mass is 301 g/mol. The molecule has 0 spiro atoms. The van der Waals surface area contributed by atoms with E-state index in [9.17, 15) is 14.9 Å². The van der Waals surface area contributed by atoms with E-state index in [0.717, 1.165) is 12.3 Å². The molecule has 0 heterocycles. The predicted octanol–water partition coefficient (Wildman–Crippen LogP) is 2.51. The Morgan fingerprint density at radius 1 is 1.45 bits per heavy atom. The first-order chi connectivity index (χ1) is 10.5. The molecule has 0 aromatic heterocycles. The van der Waals surface area contributed by atoms with Crippen molar-refractivity contribution >= 4 is 23.2 Å². The van der Waals surface area contributed by atoms with Gasteiger partial charge in [0.2, 0.25) is 0 Å². The molecule has 0 bridgehead atoms. The molecule has 22 heavy (non-hydrogen) atoms. The first-order valence-electron chi connectivity index (χ1n) is 6.01. The number of nitro groups is 1. The fourth-order valence-electron chi connectivity index (χ4n) is 1.41. The van der Waals surface area contributed by atoms with Gasteiger partial charge in [-0.05, 0) is 19.1 Å². The number of hydrogen-bond donors (Lipinski definition) is 2. The molecule has 0 aliphatic rings. The van der Waals surface area contributed by atoms with Gasteiger partial charge in [-0.1, -0.05) is 0 Å². The summed E-state index contributed by atoms with van der Waals surface area (Å²) in [5, 5.41) is 33.1. The Bertz CT molecular complexity index is 683. The molecule has 2 N–H and O–H groups in total. The molecule has 1 rings (SSSR count). The molecular weight excluding hydrogens is 290 g/mol. The summed E-state index contributed by atoms with van der Waals surface area (Å²) < 4.78 is 4.67. The molecule has 9 nitrogen and oxygen atoms in total. The number of amides is 1. The van der Waals surface area contributed by atoms with Crippen LogP contribution in [0, 0.1) is 32.8 Å². The Morgan fingerprint density at radius 3 is 2.68 bits per heavy atom. The van der Waals surface area contributed by atoms with Gasteiger partial charge in [-0.3, -0.25) is 15.4 Å². The van der Waals surface area contributed by atoms with Gasteiger partial charge in [0, 0.05) is 12.3 Å². The number of nitro benzene ring substituents is 1. The summed E-state index contributed by atoms with van der Waals surface area (Å²) >= 11 is 0. The number of rotatable bonds is 5. The highest BCUT2D eigenvalue weighted by atomic mass is 16.6. The average molecular weight is 301 g/mol. The quantitative estimate of drug-likeness (QED) is 0.483. The third-order valence-electron chi connectivity index (χ3n) is 2.33. The van der Waals surface area contributed by atoms with E-state index in [1.807, 2.05) is 0 Å². The Kier molecular flexibility index (Phi) is 5.89. The van der Waals surface area contributed by atoms with Crippen molar-refractivity contribution in [3.05, 3.63) is 40.1 Å². The molecule has 1 aromatic rings. The molecule has 0 saturated heterocycles. The summed E-state index contributed by atoms with van der Waals surface area (Å²) in [7, 11) is 0. The van der Waals surface area contributed by atoms with Crippen LogP contribution in [-0.2, 0) is 4.74 Å². The van der Waals surface area contributed by atoms with Crippen LogP contribution in [0.2, 0.25) is 0 Å². The third-order valence-corrected chi connectivity index (χ3v) is 2.33. The number of nitrogens with zero attached hydrogens (tertiary/aromatic N) is 3. The largest absolute Gasteiger partial charge is 0.450 e. The molecule has 0 fully saturated rings. The van der Waals surface area contributed by atoms with Crippen molar-refractivity contribution in [3.8, 4) is 12.1 Å². The Balaban J connectivity index is 3.04. The highest BCUT2D eigenvalue weighted by Crippen LogP contribution is 2.28. The lowest BCUT2D eigenvalue weighted by Crippen LogP contribution is -2.13. The summed E-state index contributed by atoms with van der Waals surface area (Å²) in [5.41, 5.74) is -0.313. The lowest BCUT2D eigenvalue weighted by molar-refractivity contribution is -0.383. The number of benzene rings is 1. The number of allylic oxidation sites excluding steroid dienone is 1. The van der Waals surface area contributed by atoms with Crippen LogP contribution in [0.4, 0.5) is 21.9 Å². The van der Waals surface area contributed by atoms with Gasteiger partial charge in [0.05, 0.1) is 17.2 Å². The summed E-state index contributed by atoms with van der Waals surface area (Å²) in [4.78, 5) is 21.6. The van der Waals surface area contributed by atoms with Gasteiger partial charge in [0.1, 0.15) is 23.4 Å². The minimum Gasteiger partial charge on any atom is -0.450 e. The van der Waals surface area contributed by atoms with Crippen molar-refractivity contribution in [3.63, 3.8) is 0 Å². The van der Waals surface area contributed by atoms with Crippen LogP contribution >= 0.6 is 0 Å². The number of ether oxygens (including phenoxy) is 1. The van der Waals surface area contributed by atoms with Crippen LogP contribution in [-0.4, -0.2) is 17.6 Å². The van der Waals surface area contributed by atoms with Gasteiger partial charge in [0.15, 0.2) is 0 Å². The second kappa shape index (κ2) is 7.87. The lowest BCUT2D eigenvalue weighted by Gasteiger charge is -2.07. The SMILES string of the molecule is CCOC(=O)Nc1ccc(NC=C(C#N)C#N)c([N+](=O)[O-])c1. The fraction of sp³-hybridized carbons (Fsp3) is 0.154. The fourth-order valence-corrected chi connectivity index (χ4v) is 1.41. The minimum absolute atomic E-state index is 0.0717. The number of carbonyl (C=O) groups excluding carboxylic acids is 1. The first-order valence-corrected chi connectivity index (χ1v) is 6.01. The maximum Gasteiger partial charge on any atom is 0.411 e. The van der Waals surface area contributed by atoms with E-state index in [2.05, 4.69) is 15.4 Å². The minimum atomic E-state index is -0.728. The van der Waals surface area contributed by atoms with E-state index in [-0.39, 0.29) is 29.2 Å².